The van der Waals surface area contributed by atoms with Crippen LogP contribution in [0.5, 0.6) is 0 Å². The minimum atomic E-state index is 0.0450. The number of fused-ring (bicyclic) bond motifs is 2. The number of rotatable bonds is 6. The van der Waals surface area contributed by atoms with E-state index in [9.17, 15) is 0 Å². The van der Waals surface area contributed by atoms with Crippen molar-refractivity contribution in [3.8, 4) is 11.1 Å². The van der Waals surface area contributed by atoms with Gasteiger partial charge in [-0.1, -0.05) is 172 Å². The first kappa shape index (κ1) is 39.6. The average Bonchev–Trinajstić information content (AvgIpc) is 3.48. The molecule has 0 amide bonds. The summed E-state index contributed by atoms with van der Waals surface area (Å²) < 4.78 is 0. The quantitative estimate of drug-likeness (QED) is 0.284. The lowest BCUT2D eigenvalue weighted by Gasteiger charge is -2.25. The van der Waals surface area contributed by atoms with Crippen LogP contribution in [0, 0.1) is 11.8 Å². The fourth-order valence-corrected chi connectivity index (χ4v) is 6.54. The normalized spacial score (nSPS) is 17.7. The molecule has 1 atom stereocenters. The lowest BCUT2D eigenvalue weighted by atomic mass is 9.79. The lowest BCUT2D eigenvalue weighted by molar-refractivity contribution is 0.532. The molecule has 47 heavy (non-hydrogen) atoms. The second-order valence-corrected chi connectivity index (χ2v) is 14.2. The van der Waals surface area contributed by atoms with E-state index in [1.54, 1.807) is 11.8 Å². The Bertz CT molecular complexity index is 1540. The molecule has 4 N–H and O–H groups in total. The minimum absolute atomic E-state index is 0.0450. The van der Waals surface area contributed by atoms with Crippen molar-refractivity contribution in [3.05, 3.63) is 142 Å². The molecule has 3 aromatic rings. The van der Waals surface area contributed by atoms with Gasteiger partial charge in [-0.05, 0) is 94.9 Å². The number of hydrogen-bond acceptors (Lipinski definition) is 2. The van der Waals surface area contributed by atoms with Gasteiger partial charge in [0.05, 0.1) is 0 Å². The third-order valence-corrected chi connectivity index (χ3v) is 10.1. The molecular weight excluding hydrogens is 569 g/mol. The Morgan fingerprint density at radius 3 is 1.87 bits per heavy atom. The Morgan fingerprint density at radius 2 is 1.32 bits per heavy atom. The molecule has 254 valence electrons. The van der Waals surface area contributed by atoms with Gasteiger partial charge in [-0.15, -0.1) is 0 Å². The fourth-order valence-electron chi connectivity index (χ4n) is 6.54. The summed E-state index contributed by atoms with van der Waals surface area (Å²) in [5.41, 5.74) is 24.4. The largest absolute Gasteiger partial charge is 0.405 e. The van der Waals surface area contributed by atoms with E-state index in [4.69, 9.17) is 5.73 Å². The van der Waals surface area contributed by atoms with Gasteiger partial charge in [0.25, 0.3) is 0 Å². The van der Waals surface area contributed by atoms with Crippen LogP contribution < -0.4 is 11.5 Å². The van der Waals surface area contributed by atoms with Crippen molar-refractivity contribution < 1.29 is 0 Å². The molecule has 0 heterocycles. The summed E-state index contributed by atoms with van der Waals surface area (Å²) >= 11 is 0. The number of benzene rings is 3. The van der Waals surface area contributed by atoms with Gasteiger partial charge in [0.1, 0.15) is 0 Å². The first-order chi connectivity index (χ1) is 22.3. The molecule has 5 rings (SSSR count). The Hall–Kier alpha value is -3.62. The van der Waals surface area contributed by atoms with E-state index in [0.29, 0.717) is 17.8 Å². The van der Waals surface area contributed by atoms with Crippen molar-refractivity contribution in [1.29, 1.82) is 0 Å². The molecule has 0 fully saturated rings. The van der Waals surface area contributed by atoms with Crippen molar-refractivity contribution in [2.45, 2.75) is 106 Å². The van der Waals surface area contributed by atoms with E-state index in [-0.39, 0.29) is 10.8 Å². The zero-order chi connectivity index (χ0) is 35.5. The molecule has 2 nitrogen and oxygen atoms in total. The summed E-state index contributed by atoms with van der Waals surface area (Å²) in [6.07, 6.45) is 10.1. The summed E-state index contributed by atoms with van der Waals surface area (Å²) in [4.78, 5) is 0. The van der Waals surface area contributed by atoms with Gasteiger partial charge in [0.15, 0.2) is 0 Å². The molecular formula is C45H64N2. The summed E-state index contributed by atoms with van der Waals surface area (Å²) in [5, 5.41) is 0. The van der Waals surface area contributed by atoms with Gasteiger partial charge < -0.3 is 11.5 Å². The minimum Gasteiger partial charge on any atom is -0.405 e. The molecule has 0 aliphatic heterocycles. The highest BCUT2D eigenvalue weighted by Crippen LogP contribution is 2.48. The highest BCUT2D eigenvalue weighted by Gasteiger charge is 2.37. The molecule has 2 heteroatoms. The number of allylic oxidation sites excluding steroid dienone is 6. The second-order valence-electron chi connectivity index (χ2n) is 14.2. The van der Waals surface area contributed by atoms with Crippen LogP contribution in [-0.2, 0) is 23.7 Å². The lowest BCUT2D eigenvalue weighted by Crippen LogP contribution is -2.16. The Morgan fingerprint density at radius 1 is 0.745 bits per heavy atom. The van der Waals surface area contributed by atoms with Crippen LogP contribution >= 0.6 is 0 Å². The molecule has 2 aliphatic carbocycles. The SMILES string of the molecule is C=C(/C=C1\Cc2c(C(C)C(C)C)cc(-c3ccccc3)cc2C1(C)C)C(C)C.CC.CC1(C)/C(=C/C=C\N)Cc2ccccc21.CN. The predicted octanol–water partition coefficient (Wildman–Crippen LogP) is 11.6. The standard InChI is InChI=1S/C28H36.C14H17N.C2H6.CH5N/c1-18(2)20(5)14-24-17-26-25(21(6)19(3)4)15-23(16-27(26)28(24,7)8)22-12-10-9-11-13-22;1-14(2)12(7-5-9-15)10-11-6-3-4-8-13(11)14;2*1-2/h9-16,18-19,21H,5,17H2,1-4,6-8H3;3-9H,10,15H2,1-2H3;1-2H3;2H2,1H3/b24-14+;9-5-,12-7+;;. The summed E-state index contributed by atoms with van der Waals surface area (Å²) in [6, 6.07) is 24.4. The van der Waals surface area contributed by atoms with Crippen LogP contribution in [0.3, 0.4) is 0 Å². The maximum absolute atomic E-state index is 5.38. The van der Waals surface area contributed by atoms with Gasteiger partial charge in [0.2, 0.25) is 0 Å². The van der Waals surface area contributed by atoms with Crippen molar-refractivity contribution in [2.24, 2.45) is 23.3 Å². The Balaban J connectivity index is 0.000000340. The Labute approximate surface area is 288 Å². The van der Waals surface area contributed by atoms with Crippen LogP contribution in [0.1, 0.15) is 110 Å². The van der Waals surface area contributed by atoms with E-state index in [1.807, 2.05) is 19.9 Å². The van der Waals surface area contributed by atoms with E-state index in [1.165, 1.54) is 57.1 Å². The molecule has 0 bridgehead atoms. The van der Waals surface area contributed by atoms with Gasteiger partial charge in [0, 0.05) is 10.8 Å². The zero-order valence-corrected chi connectivity index (χ0v) is 31.7. The van der Waals surface area contributed by atoms with Crippen LogP contribution in [0.15, 0.2) is 114 Å². The third-order valence-electron chi connectivity index (χ3n) is 10.1. The monoisotopic (exact) mass is 633 g/mol. The molecule has 0 aromatic heterocycles. The molecule has 0 radical (unpaired) electrons. The van der Waals surface area contributed by atoms with E-state index >= 15 is 0 Å². The van der Waals surface area contributed by atoms with Crippen molar-refractivity contribution in [1.82, 2.24) is 0 Å². The highest BCUT2D eigenvalue weighted by atomic mass is 14.5. The zero-order valence-electron chi connectivity index (χ0n) is 31.7. The molecule has 0 saturated carbocycles. The van der Waals surface area contributed by atoms with Crippen LogP contribution in [0.25, 0.3) is 11.1 Å². The van der Waals surface area contributed by atoms with Gasteiger partial charge >= 0.3 is 0 Å². The fraction of sp³-hybridized carbons (Fsp3) is 0.422. The maximum atomic E-state index is 5.38. The second kappa shape index (κ2) is 17.5. The van der Waals surface area contributed by atoms with Crippen LogP contribution in [0.2, 0.25) is 0 Å². The smallest absolute Gasteiger partial charge is 0.0115 e. The van der Waals surface area contributed by atoms with Crippen molar-refractivity contribution in [3.63, 3.8) is 0 Å². The number of hydrogen-bond donors (Lipinski definition) is 2. The molecule has 0 saturated heterocycles. The first-order valence-corrected chi connectivity index (χ1v) is 17.7. The van der Waals surface area contributed by atoms with Gasteiger partial charge in [-0.25, -0.2) is 0 Å². The van der Waals surface area contributed by atoms with E-state index < -0.39 is 0 Å². The summed E-state index contributed by atoms with van der Waals surface area (Å²) in [6.45, 7) is 29.2. The van der Waals surface area contributed by atoms with Crippen molar-refractivity contribution in [2.75, 3.05) is 7.05 Å². The van der Waals surface area contributed by atoms with Gasteiger partial charge in [-0.2, -0.15) is 0 Å². The molecule has 3 aromatic carbocycles. The van der Waals surface area contributed by atoms with Crippen molar-refractivity contribution >= 4 is 0 Å². The topological polar surface area (TPSA) is 52.0 Å². The predicted molar refractivity (Wildman–Crippen MR) is 210 cm³/mol. The summed E-state index contributed by atoms with van der Waals surface area (Å²) in [5.74, 6) is 1.65. The van der Waals surface area contributed by atoms with Crippen LogP contribution in [-0.4, -0.2) is 7.05 Å². The maximum Gasteiger partial charge on any atom is 0.0115 e. The number of nitrogens with two attached hydrogens (primary N) is 2. The van der Waals surface area contributed by atoms with Crippen LogP contribution in [0.4, 0.5) is 0 Å². The molecule has 1 unspecified atom stereocenters. The molecule has 0 spiro atoms. The Kier molecular flexibility index (Phi) is 14.7. The van der Waals surface area contributed by atoms with E-state index in [2.05, 4.69) is 154 Å². The third kappa shape index (κ3) is 9.05. The average molecular weight is 633 g/mol. The summed E-state index contributed by atoms with van der Waals surface area (Å²) in [7, 11) is 1.50. The van der Waals surface area contributed by atoms with Gasteiger partial charge in [-0.3, -0.25) is 0 Å². The highest BCUT2D eigenvalue weighted by molar-refractivity contribution is 5.70. The van der Waals surface area contributed by atoms with E-state index in [0.717, 1.165) is 12.8 Å². The molecule has 2 aliphatic rings. The first-order valence-electron chi connectivity index (χ1n) is 17.7.